The molecule has 1 heterocycles. The lowest BCUT2D eigenvalue weighted by molar-refractivity contribution is -0.124. The third kappa shape index (κ3) is 1.98. The van der Waals surface area contributed by atoms with Crippen molar-refractivity contribution >= 4 is 11.9 Å². The summed E-state index contributed by atoms with van der Waals surface area (Å²) in [6.45, 7) is 7.04. The summed E-state index contributed by atoms with van der Waals surface area (Å²) >= 11 is 0. The highest BCUT2D eigenvalue weighted by Gasteiger charge is 2.59. The summed E-state index contributed by atoms with van der Waals surface area (Å²) < 4.78 is 1.48. The van der Waals surface area contributed by atoms with Gasteiger partial charge in [-0.15, -0.1) is 5.10 Å². The standard InChI is InChI=1S/C14H23N5O/c1-13(2)9-4-5-14(3,6-9)11(13)17-10(20)7-19-8-16-12(15)18-19/h8-9,11H,4-7H2,1-3H3,(H2,15,18)(H,17,20). The lowest BCUT2D eigenvalue weighted by Gasteiger charge is -2.43. The summed E-state index contributed by atoms with van der Waals surface area (Å²) in [6.07, 6.45) is 5.21. The Morgan fingerprint density at radius 1 is 1.55 bits per heavy atom. The van der Waals surface area contributed by atoms with Crippen molar-refractivity contribution in [3.05, 3.63) is 6.33 Å². The third-order valence-electron chi connectivity index (χ3n) is 5.43. The number of anilines is 1. The van der Waals surface area contributed by atoms with E-state index in [1.54, 1.807) is 0 Å². The van der Waals surface area contributed by atoms with Crippen LogP contribution in [0.5, 0.6) is 0 Å². The Bertz CT molecular complexity index is 533. The highest BCUT2D eigenvalue weighted by atomic mass is 16.2. The van der Waals surface area contributed by atoms with Crippen molar-refractivity contribution < 1.29 is 4.79 Å². The van der Waals surface area contributed by atoms with Gasteiger partial charge in [-0.05, 0) is 36.0 Å². The minimum absolute atomic E-state index is 0.0123. The first-order chi connectivity index (χ1) is 9.31. The SMILES string of the molecule is CC12CCC(C1)C(C)(C)C2NC(=O)Cn1cnc(N)n1. The summed E-state index contributed by atoms with van der Waals surface area (Å²) in [4.78, 5) is 16.1. The average Bonchev–Trinajstić information content (AvgIpc) is 2.97. The van der Waals surface area contributed by atoms with E-state index in [4.69, 9.17) is 5.73 Å². The highest BCUT2D eigenvalue weighted by molar-refractivity contribution is 5.76. The maximum atomic E-state index is 12.2. The van der Waals surface area contributed by atoms with E-state index in [0.717, 1.165) is 5.92 Å². The number of rotatable bonds is 3. The number of carbonyl (C=O) groups excluding carboxylic acids is 1. The molecule has 1 aromatic heterocycles. The molecule has 2 aliphatic rings. The summed E-state index contributed by atoms with van der Waals surface area (Å²) in [6, 6.07) is 0.238. The number of nitrogens with zero attached hydrogens (tertiary/aromatic N) is 3. The Hall–Kier alpha value is -1.59. The van der Waals surface area contributed by atoms with Crippen LogP contribution in [0.1, 0.15) is 40.0 Å². The van der Waals surface area contributed by atoms with Crippen LogP contribution in [0, 0.1) is 16.7 Å². The molecule has 6 heteroatoms. The van der Waals surface area contributed by atoms with Gasteiger partial charge in [-0.25, -0.2) is 9.67 Å². The van der Waals surface area contributed by atoms with Gasteiger partial charge < -0.3 is 11.1 Å². The van der Waals surface area contributed by atoms with E-state index in [1.807, 2.05) is 0 Å². The van der Waals surface area contributed by atoms with Gasteiger partial charge in [-0.1, -0.05) is 20.8 Å². The molecule has 3 unspecified atom stereocenters. The Morgan fingerprint density at radius 2 is 2.30 bits per heavy atom. The largest absolute Gasteiger partial charge is 0.367 e. The molecule has 20 heavy (non-hydrogen) atoms. The van der Waals surface area contributed by atoms with Crippen LogP contribution in [0.4, 0.5) is 5.95 Å². The second-order valence-electron chi connectivity index (χ2n) is 7.22. The average molecular weight is 277 g/mol. The molecule has 0 saturated heterocycles. The highest BCUT2D eigenvalue weighted by Crippen LogP contribution is 2.62. The zero-order valence-electron chi connectivity index (χ0n) is 12.4. The number of nitrogens with one attached hydrogen (secondary N) is 1. The molecule has 1 aromatic rings. The Balaban J connectivity index is 1.69. The van der Waals surface area contributed by atoms with Crippen LogP contribution >= 0.6 is 0 Å². The summed E-state index contributed by atoms with van der Waals surface area (Å²) in [5.74, 6) is 0.909. The minimum Gasteiger partial charge on any atom is -0.367 e. The molecule has 0 aliphatic heterocycles. The van der Waals surface area contributed by atoms with Crippen molar-refractivity contribution in [1.29, 1.82) is 0 Å². The van der Waals surface area contributed by atoms with Crippen molar-refractivity contribution in [2.45, 2.75) is 52.6 Å². The number of nitrogens with two attached hydrogens (primary N) is 1. The molecule has 1 amide bonds. The molecule has 0 radical (unpaired) electrons. The van der Waals surface area contributed by atoms with E-state index in [1.165, 1.54) is 30.3 Å². The molecular weight excluding hydrogens is 254 g/mol. The van der Waals surface area contributed by atoms with Crippen molar-refractivity contribution in [3.63, 3.8) is 0 Å². The van der Waals surface area contributed by atoms with Gasteiger partial charge in [-0.2, -0.15) is 0 Å². The van der Waals surface area contributed by atoms with Crippen molar-refractivity contribution in [2.75, 3.05) is 5.73 Å². The van der Waals surface area contributed by atoms with E-state index >= 15 is 0 Å². The van der Waals surface area contributed by atoms with Crippen LogP contribution in [0.2, 0.25) is 0 Å². The van der Waals surface area contributed by atoms with Gasteiger partial charge >= 0.3 is 0 Å². The Labute approximate surface area is 119 Å². The van der Waals surface area contributed by atoms with Gasteiger partial charge in [0.15, 0.2) is 0 Å². The summed E-state index contributed by atoms with van der Waals surface area (Å²) in [7, 11) is 0. The molecule has 2 aliphatic carbocycles. The number of nitrogen functional groups attached to an aromatic ring is 1. The molecule has 3 rings (SSSR count). The van der Waals surface area contributed by atoms with E-state index in [0.29, 0.717) is 0 Å². The summed E-state index contributed by atoms with van der Waals surface area (Å²) in [5.41, 5.74) is 5.87. The van der Waals surface area contributed by atoms with Crippen LogP contribution in [0.3, 0.4) is 0 Å². The number of aromatic nitrogens is 3. The first-order valence-electron chi connectivity index (χ1n) is 7.25. The second kappa shape index (κ2) is 4.20. The zero-order chi connectivity index (χ0) is 14.5. The van der Waals surface area contributed by atoms with Crippen LogP contribution < -0.4 is 11.1 Å². The zero-order valence-corrected chi connectivity index (χ0v) is 12.4. The van der Waals surface area contributed by atoms with E-state index in [9.17, 15) is 4.79 Å². The smallest absolute Gasteiger partial charge is 0.242 e. The minimum atomic E-state index is -0.0123. The molecular formula is C14H23N5O. The number of carbonyl (C=O) groups is 1. The number of hydrogen-bond acceptors (Lipinski definition) is 4. The van der Waals surface area contributed by atoms with Crippen LogP contribution in [-0.4, -0.2) is 26.7 Å². The molecule has 110 valence electrons. The lowest BCUT2D eigenvalue weighted by atomic mass is 9.68. The van der Waals surface area contributed by atoms with Crippen molar-refractivity contribution in [3.8, 4) is 0 Å². The van der Waals surface area contributed by atoms with Crippen LogP contribution in [0.25, 0.3) is 0 Å². The van der Waals surface area contributed by atoms with Gasteiger partial charge in [0.2, 0.25) is 11.9 Å². The van der Waals surface area contributed by atoms with E-state index < -0.39 is 0 Å². The third-order valence-corrected chi connectivity index (χ3v) is 5.43. The van der Waals surface area contributed by atoms with E-state index in [2.05, 4.69) is 36.2 Å². The topological polar surface area (TPSA) is 85.8 Å². The molecule has 0 aromatic carbocycles. The van der Waals surface area contributed by atoms with Gasteiger partial charge in [0.1, 0.15) is 12.9 Å². The maximum Gasteiger partial charge on any atom is 0.242 e. The molecule has 2 fully saturated rings. The lowest BCUT2D eigenvalue weighted by Crippen LogP contribution is -2.53. The molecule has 2 bridgehead atoms. The fraction of sp³-hybridized carbons (Fsp3) is 0.786. The summed E-state index contributed by atoms with van der Waals surface area (Å²) in [5, 5.41) is 7.18. The van der Waals surface area contributed by atoms with E-state index in [-0.39, 0.29) is 35.3 Å². The molecule has 3 atom stereocenters. The fourth-order valence-corrected chi connectivity index (χ4v) is 4.40. The Kier molecular flexibility index (Phi) is 2.81. The molecule has 6 nitrogen and oxygen atoms in total. The van der Waals surface area contributed by atoms with Crippen molar-refractivity contribution in [1.82, 2.24) is 20.1 Å². The predicted octanol–water partition coefficient (Wildman–Crippen LogP) is 1.19. The predicted molar refractivity (Wildman–Crippen MR) is 75.6 cm³/mol. The van der Waals surface area contributed by atoms with Gasteiger partial charge in [0.25, 0.3) is 0 Å². The van der Waals surface area contributed by atoms with Gasteiger partial charge in [0.05, 0.1) is 0 Å². The second-order valence-corrected chi connectivity index (χ2v) is 7.22. The monoisotopic (exact) mass is 277 g/mol. The fourth-order valence-electron chi connectivity index (χ4n) is 4.40. The number of fused-ring (bicyclic) bond motifs is 2. The number of amides is 1. The molecule has 2 saturated carbocycles. The van der Waals surface area contributed by atoms with Gasteiger partial charge in [0, 0.05) is 6.04 Å². The molecule has 3 N–H and O–H groups in total. The normalized spacial score (nSPS) is 34.4. The van der Waals surface area contributed by atoms with Gasteiger partial charge in [-0.3, -0.25) is 4.79 Å². The first-order valence-corrected chi connectivity index (χ1v) is 7.25. The number of hydrogen-bond donors (Lipinski definition) is 2. The van der Waals surface area contributed by atoms with Crippen LogP contribution in [0.15, 0.2) is 6.33 Å². The molecule has 0 spiro atoms. The Morgan fingerprint density at radius 3 is 2.85 bits per heavy atom. The quantitative estimate of drug-likeness (QED) is 0.869. The first kappa shape index (κ1) is 13.4. The maximum absolute atomic E-state index is 12.2. The van der Waals surface area contributed by atoms with Crippen LogP contribution in [-0.2, 0) is 11.3 Å². The van der Waals surface area contributed by atoms with Crippen molar-refractivity contribution in [2.24, 2.45) is 16.7 Å².